The molecule has 1 heterocycles. The fraction of sp³-hybridized carbons (Fsp3) is 0.417. The third-order valence-electron chi connectivity index (χ3n) is 3.15. The molecular formula is C12H15N3O5S. The molecule has 1 aliphatic rings. The van der Waals surface area contributed by atoms with Crippen LogP contribution in [0.5, 0.6) is 0 Å². The van der Waals surface area contributed by atoms with E-state index in [1.165, 1.54) is 18.2 Å². The van der Waals surface area contributed by atoms with Crippen molar-refractivity contribution >= 4 is 21.6 Å². The molecule has 0 aromatic heterocycles. The Kier molecular flexibility index (Phi) is 4.53. The molecule has 0 spiro atoms. The van der Waals surface area contributed by atoms with Crippen LogP contribution >= 0.6 is 0 Å². The second-order valence-electron chi connectivity index (χ2n) is 4.68. The van der Waals surface area contributed by atoms with Gasteiger partial charge in [0.25, 0.3) is 5.69 Å². The van der Waals surface area contributed by atoms with E-state index in [0.717, 1.165) is 4.31 Å². The standard InChI is InChI=1S/C12H15N3O5S/c16-12-8-14(7-3-6-13-12)21(19,20)9-10-4-1-2-5-11(10)15(17)18/h1-2,4-5H,3,6-9H2,(H,13,16). The van der Waals surface area contributed by atoms with Crippen LogP contribution in [0.2, 0.25) is 0 Å². The van der Waals surface area contributed by atoms with Crippen molar-refractivity contribution in [2.24, 2.45) is 0 Å². The van der Waals surface area contributed by atoms with Crippen LogP contribution in [0.15, 0.2) is 24.3 Å². The lowest BCUT2D eigenvalue weighted by atomic mass is 10.2. The molecule has 1 amide bonds. The van der Waals surface area contributed by atoms with E-state index in [1.807, 2.05) is 0 Å². The number of hydrogen-bond donors (Lipinski definition) is 1. The summed E-state index contributed by atoms with van der Waals surface area (Å²) in [4.78, 5) is 21.8. The second kappa shape index (κ2) is 6.19. The van der Waals surface area contributed by atoms with Gasteiger partial charge in [-0.1, -0.05) is 18.2 Å². The summed E-state index contributed by atoms with van der Waals surface area (Å²) in [5.41, 5.74) is -0.118. The molecule has 21 heavy (non-hydrogen) atoms. The number of nitro groups is 1. The normalized spacial score (nSPS) is 17.0. The van der Waals surface area contributed by atoms with Crippen LogP contribution in [0.3, 0.4) is 0 Å². The summed E-state index contributed by atoms with van der Waals surface area (Å²) in [7, 11) is -3.78. The minimum atomic E-state index is -3.78. The number of amides is 1. The van der Waals surface area contributed by atoms with Crippen LogP contribution in [-0.2, 0) is 20.6 Å². The number of nitrogens with one attached hydrogen (secondary N) is 1. The van der Waals surface area contributed by atoms with E-state index in [0.29, 0.717) is 13.0 Å². The molecule has 1 N–H and O–H groups in total. The van der Waals surface area contributed by atoms with Crippen molar-refractivity contribution in [3.05, 3.63) is 39.9 Å². The molecule has 1 aromatic rings. The number of benzene rings is 1. The number of nitrogens with zero attached hydrogens (tertiary/aromatic N) is 2. The first-order valence-electron chi connectivity index (χ1n) is 6.37. The van der Waals surface area contributed by atoms with E-state index in [9.17, 15) is 23.3 Å². The highest BCUT2D eigenvalue weighted by molar-refractivity contribution is 7.88. The van der Waals surface area contributed by atoms with E-state index in [-0.39, 0.29) is 30.2 Å². The molecule has 0 radical (unpaired) electrons. The quantitative estimate of drug-likeness (QED) is 0.633. The molecule has 0 bridgehead atoms. The Balaban J connectivity index is 2.25. The van der Waals surface area contributed by atoms with Gasteiger partial charge in [-0.15, -0.1) is 0 Å². The topological polar surface area (TPSA) is 110 Å². The zero-order chi connectivity index (χ0) is 15.5. The fourth-order valence-corrected chi connectivity index (χ4v) is 3.66. The maximum Gasteiger partial charge on any atom is 0.273 e. The monoisotopic (exact) mass is 313 g/mol. The van der Waals surface area contributed by atoms with E-state index in [4.69, 9.17) is 0 Å². The number of carbonyl (C=O) groups is 1. The number of carbonyl (C=O) groups excluding carboxylic acids is 1. The zero-order valence-corrected chi connectivity index (χ0v) is 12.0. The van der Waals surface area contributed by atoms with Crippen molar-refractivity contribution in [1.29, 1.82) is 0 Å². The predicted molar refractivity (Wildman–Crippen MR) is 74.9 cm³/mol. The smallest absolute Gasteiger partial charge is 0.273 e. The lowest BCUT2D eigenvalue weighted by Crippen LogP contribution is -2.38. The number of para-hydroxylation sites is 1. The van der Waals surface area contributed by atoms with Crippen molar-refractivity contribution in [3.63, 3.8) is 0 Å². The molecular weight excluding hydrogens is 298 g/mol. The Morgan fingerprint density at radius 1 is 1.33 bits per heavy atom. The summed E-state index contributed by atoms with van der Waals surface area (Å²) in [6, 6.07) is 5.70. The zero-order valence-electron chi connectivity index (χ0n) is 11.2. The number of rotatable bonds is 4. The van der Waals surface area contributed by atoms with Gasteiger partial charge in [-0.2, -0.15) is 4.31 Å². The van der Waals surface area contributed by atoms with Crippen LogP contribution in [0.4, 0.5) is 5.69 Å². The van der Waals surface area contributed by atoms with Gasteiger partial charge in [-0.25, -0.2) is 8.42 Å². The summed E-state index contributed by atoms with van der Waals surface area (Å²) in [6.45, 7) is 0.404. The van der Waals surface area contributed by atoms with Gasteiger partial charge in [0.15, 0.2) is 0 Å². The summed E-state index contributed by atoms with van der Waals surface area (Å²) < 4.78 is 25.8. The lowest BCUT2D eigenvalue weighted by molar-refractivity contribution is -0.385. The van der Waals surface area contributed by atoms with E-state index < -0.39 is 20.7 Å². The summed E-state index contributed by atoms with van der Waals surface area (Å²) in [5.74, 6) is -0.851. The molecule has 0 saturated carbocycles. The average Bonchev–Trinajstić information content (AvgIpc) is 2.64. The SMILES string of the molecule is O=C1CN(S(=O)(=O)Cc2ccccc2[N+](=O)[O-])CCCN1. The molecule has 9 heteroatoms. The minimum Gasteiger partial charge on any atom is -0.355 e. The average molecular weight is 313 g/mol. The molecule has 0 atom stereocenters. The summed E-state index contributed by atoms with van der Waals surface area (Å²) in [6.07, 6.45) is 0.516. The van der Waals surface area contributed by atoms with E-state index >= 15 is 0 Å². The number of nitro benzene ring substituents is 1. The van der Waals surface area contributed by atoms with E-state index in [1.54, 1.807) is 6.07 Å². The van der Waals surface area contributed by atoms with Gasteiger partial charge in [-0.3, -0.25) is 14.9 Å². The molecule has 8 nitrogen and oxygen atoms in total. The Bertz CT molecular complexity index is 659. The van der Waals surface area contributed by atoms with Crippen molar-refractivity contribution in [2.45, 2.75) is 12.2 Å². The van der Waals surface area contributed by atoms with Gasteiger partial charge >= 0.3 is 0 Å². The van der Waals surface area contributed by atoms with Crippen molar-refractivity contribution in [3.8, 4) is 0 Å². The van der Waals surface area contributed by atoms with Crippen LogP contribution in [-0.4, -0.2) is 43.2 Å². The van der Waals surface area contributed by atoms with Gasteiger partial charge in [0.2, 0.25) is 15.9 Å². The van der Waals surface area contributed by atoms with Gasteiger partial charge < -0.3 is 5.32 Å². The lowest BCUT2D eigenvalue weighted by Gasteiger charge is -2.18. The first-order chi connectivity index (χ1) is 9.90. The molecule has 114 valence electrons. The summed E-state index contributed by atoms with van der Waals surface area (Å²) in [5, 5.41) is 13.5. The minimum absolute atomic E-state index is 0.118. The van der Waals surface area contributed by atoms with Crippen LogP contribution < -0.4 is 5.32 Å². The first kappa shape index (κ1) is 15.4. The maximum atomic E-state index is 12.4. The van der Waals surface area contributed by atoms with Gasteiger partial charge in [0.05, 0.1) is 17.2 Å². The van der Waals surface area contributed by atoms with E-state index in [2.05, 4.69) is 5.32 Å². The molecule has 1 aromatic carbocycles. The molecule has 1 fully saturated rings. The highest BCUT2D eigenvalue weighted by Gasteiger charge is 2.28. The van der Waals surface area contributed by atoms with Crippen LogP contribution in [0.1, 0.15) is 12.0 Å². The largest absolute Gasteiger partial charge is 0.355 e. The molecule has 0 aliphatic carbocycles. The maximum absolute atomic E-state index is 12.4. The highest BCUT2D eigenvalue weighted by atomic mass is 32.2. The Morgan fingerprint density at radius 2 is 2.05 bits per heavy atom. The molecule has 0 unspecified atom stereocenters. The third kappa shape index (κ3) is 3.76. The number of hydrogen-bond acceptors (Lipinski definition) is 5. The number of sulfonamides is 1. The van der Waals surface area contributed by atoms with Gasteiger partial charge in [0.1, 0.15) is 0 Å². The second-order valence-corrected chi connectivity index (χ2v) is 6.65. The molecule has 1 aliphatic heterocycles. The first-order valence-corrected chi connectivity index (χ1v) is 7.98. The third-order valence-corrected chi connectivity index (χ3v) is 4.92. The molecule has 1 saturated heterocycles. The Hall–Kier alpha value is -2.00. The Labute approximate surface area is 122 Å². The van der Waals surface area contributed by atoms with Crippen molar-refractivity contribution < 1.29 is 18.1 Å². The van der Waals surface area contributed by atoms with Crippen LogP contribution in [0, 0.1) is 10.1 Å². The van der Waals surface area contributed by atoms with Crippen molar-refractivity contribution in [1.82, 2.24) is 9.62 Å². The van der Waals surface area contributed by atoms with Gasteiger partial charge in [-0.05, 0) is 6.42 Å². The molecule has 2 rings (SSSR count). The Morgan fingerprint density at radius 3 is 2.76 bits per heavy atom. The summed E-state index contributed by atoms with van der Waals surface area (Å²) >= 11 is 0. The predicted octanol–water partition coefficient (Wildman–Crippen LogP) is 0.246. The highest BCUT2D eigenvalue weighted by Crippen LogP contribution is 2.22. The van der Waals surface area contributed by atoms with Crippen molar-refractivity contribution in [2.75, 3.05) is 19.6 Å². The van der Waals surface area contributed by atoms with Crippen LogP contribution in [0.25, 0.3) is 0 Å². The van der Waals surface area contributed by atoms with Gasteiger partial charge in [0, 0.05) is 24.7 Å². The fourth-order valence-electron chi connectivity index (χ4n) is 2.11.